The number of pyridine rings is 1. The van der Waals surface area contributed by atoms with Gasteiger partial charge in [-0.15, -0.1) is 0 Å². The van der Waals surface area contributed by atoms with Crippen LogP contribution in [-0.4, -0.2) is 27.2 Å². The monoisotopic (exact) mass is 272 g/mol. The summed E-state index contributed by atoms with van der Waals surface area (Å²) in [5.41, 5.74) is 7.76. The van der Waals surface area contributed by atoms with Gasteiger partial charge in [-0.25, -0.2) is 9.97 Å². The Bertz CT molecular complexity index is 564. The molecule has 2 aromatic heterocycles. The van der Waals surface area contributed by atoms with Gasteiger partial charge in [0.05, 0.1) is 24.3 Å². The fourth-order valence-electron chi connectivity index (χ4n) is 2.87. The molecule has 3 rings (SSSR count). The highest BCUT2D eigenvalue weighted by Crippen LogP contribution is 2.27. The number of nitrogen functional groups attached to an aromatic ring is 1. The molecular formula is C15H20N4O. The van der Waals surface area contributed by atoms with Crippen LogP contribution >= 0.6 is 0 Å². The lowest BCUT2D eigenvalue weighted by molar-refractivity contribution is 0.0836. The minimum Gasteiger partial charge on any atom is -0.384 e. The van der Waals surface area contributed by atoms with Gasteiger partial charge >= 0.3 is 0 Å². The molecule has 5 nitrogen and oxygen atoms in total. The minimum absolute atomic E-state index is 0.370. The molecule has 0 radical (unpaired) electrons. The predicted molar refractivity (Wildman–Crippen MR) is 78.0 cm³/mol. The Morgan fingerprint density at radius 3 is 3.05 bits per heavy atom. The Kier molecular flexibility index (Phi) is 3.69. The Balaban J connectivity index is 1.81. The molecule has 2 atom stereocenters. The van der Waals surface area contributed by atoms with Gasteiger partial charge in [-0.1, -0.05) is 6.92 Å². The molecule has 5 heteroatoms. The SMILES string of the molecule is CCC1OCCC1Cn1cncc1-c1ccc(N)nc1. The molecule has 0 aromatic carbocycles. The molecule has 0 amide bonds. The van der Waals surface area contributed by atoms with E-state index in [-0.39, 0.29) is 0 Å². The van der Waals surface area contributed by atoms with Crippen molar-refractivity contribution in [3.8, 4) is 11.3 Å². The number of nitrogens with zero attached hydrogens (tertiary/aromatic N) is 3. The van der Waals surface area contributed by atoms with Gasteiger partial charge < -0.3 is 15.0 Å². The lowest BCUT2D eigenvalue weighted by atomic mass is 9.99. The van der Waals surface area contributed by atoms with Crippen LogP contribution in [0.5, 0.6) is 0 Å². The van der Waals surface area contributed by atoms with Crippen LogP contribution in [0.3, 0.4) is 0 Å². The van der Waals surface area contributed by atoms with Gasteiger partial charge in [0.25, 0.3) is 0 Å². The molecule has 2 unspecified atom stereocenters. The third kappa shape index (κ3) is 2.54. The Morgan fingerprint density at radius 1 is 1.40 bits per heavy atom. The molecule has 2 aromatic rings. The van der Waals surface area contributed by atoms with E-state index < -0.39 is 0 Å². The van der Waals surface area contributed by atoms with Crippen LogP contribution in [0.25, 0.3) is 11.3 Å². The van der Waals surface area contributed by atoms with Crippen LogP contribution in [0.2, 0.25) is 0 Å². The fourth-order valence-corrected chi connectivity index (χ4v) is 2.87. The van der Waals surface area contributed by atoms with Gasteiger partial charge in [0.15, 0.2) is 0 Å². The van der Waals surface area contributed by atoms with E-state index in [2.05, 4.69) is 21.5 Å². The van der Waals surface area contributed by atoms with Crippen LogP contribution in [0, 0.1) is 5.92 Å². The summed E-state index contributed by atoms with van der Waals surface area (Å²) in [4.78, 5) is 8.43. The molecule has 0 aliphatic carbocycles. The van der Waals surface area contributed by atoms with Crippen molar-refractivity contribution in [2.24, 2.45) is 5.92 Å². The van der Waals surface area contributed by atoms with Gasteiger partial charge in [0, 0.05) is 30.8 Å². The summed E-state index contributed by atoms with van der Waals surface area (Å²) in [5.74, 6) is 1.10. The molecule has 0 spiro atoms. The van der Waals surface area contributed by atoms with E-state index in [9.17, 15) is 0 Å². The van der Waals surface area contributed by atoms with E-state index in [0.717, 1.165) is 37.3 Å². The lowest BCUT2D eigenvalue weighted by Crippen LogP contribution is -2.20. The van der Waals surface area contributed by atoms with E-state index in [0.29, 0.717) is 17.8 Å². The predicted octanol–water partition coefficient (Wildman–Crippen LogP) is 2.34. The molecule has 0 saturated carbocycles. The van der Waals surface area contributed by atoms with Crippen molar-refractivity contribution in [2.75, 3.05) is 12.3 Å². The quantitative estimate of drug-likeness (QED) is 0.927. The summed E-state index contributed by atoms with van der Waals surface area (Å²) in [6, 6.07) is 3.80. The van der Waals surface area contributed by atoms with E-state index in [1.54, 1.807) is 6.20 Å². The Hall–Kier alpha value is -1.88. The molecule has 2 N–H and O–H groups in total. The molecular weight excluding hydrogens is 252 g/mol. The molecule has 0 bridgehead atoms. The second-order valence-corrected chi connectivity index (χ2v) is 5.27. The number of imidazole rings is 1. The average molecular weight is 272 g/mol. The third-order valence-electron chi connectivity index (χ3n) is 3.97. The van der Waals surface area contributed by atoms with E-state index in [4.69, 9.17) is 10.5 Å². The molecule has 106 valence electrons. The molecule has 1 aliphatic rings. The zero-order valence-corrected chi connectivity index (χ0v) is 11.7. The first-order chi connectivity index (χ1) is 9.78. The van der Waals surface area contributed by atoms with E-state index in [1.807, 2.05) is 24.7 Å². The van der Waals surface area contributed by atoms with Crippen molar-refractivity contribution < 1.29 is 4.74 Å². The molecule has 1 aliphatic heterocycles. The highest BCUT2D eigenvalue weighted by atomic mass is 16.5. The summed E-state index contributed by atoms with van der Waals surface area (Å²) in [6.07, 6.45) is 8.12. The van der Waals surface area contributed by atoms with E-state index >= 15 is 0 Å². The Morgan fingerprint density at radius 2 is 2.30 bits per heavy atom. The molecule has 3 heterocycles. The highest BCUT2D eigenvalue weighted by molar-refractivity contribution is 5.59. The Labute approximate surface area is 118 Å². The number of anilines is 1. The lowest BCUT2D eigenvalue weighted by Gasteiger charge is -2.18. The number of rotatable bonds is 4. The van der Waals surface area contributed by atoms with Gasteiger partial charge in [-0.3, -0.25) is 0 Å². The largest absolute Gasteiger partial charge is 0.384 e. The maximum atomic E-state index is 5.76. The van der Waals surface area contributed by atoms with Crippen molar-refractivity contribution >= 4 is 5.82 Å². The van der Waals surface area contributed by atoms with Gasteiger partial charge in [0.2, 0.25) is 0 Å². The standard InChI is InChI=1S/C15H20N4O/c1-2-14-12(5-6-20-14)9-19-10-17-8-13(19)11-3-4-15(16)18-7-11/h3-4,7-8,10,12,14H,2,5-6,9H2,1H3,(H2,16,18). The summed E-state index contributed by atoms with van der Waals surface area (Å²) in [6.45, 7) is 4.00. The van der Waals surface area contributed by atoms with Crippen molar-refractivity contribution in [3.05, 3.63) is 30.9 Å². The topological polar surface area (TPSA) is 66.0 Å². The summed E-state index contributed by atoms with van der Waals surface area (Å²) in [7, 11) is 0. The normalized spacial score (nSPS) is 22.2. The smallest absolute Gasteiger partial charge is 0.123 e. The second-order valence-electron chi connectivity index (χ2n) is 5.27. The summed E-state index contributed by atoms with van der Waals surface area (Å²) in [5, 5.41) is 0. The number of nitrogens with two attached hydrogens (primary N) is 1. The van der Waals surface area contributed by atoms with Crippen LogP contribution in [0.15, 0.2) is 30.9 Å². The number of hydrogen-bond donors (Lipinski definition) is 1. The molecule has 20 heavy (non-hydrogen) atoms. The van der Waals surface area contributed by atoms with Crippen molar-refractivity contribution in [1.29, 1.82) is 0 Å². The summed E-state index contributed by atoms with van der Waals surface area (Å²) < 4.78 is 7.95. The first kappa shape index (κ1) is 13.1. The van der Waals surface area contributed by atoms with Gasteiger partial charge in [0.1, 0.15) is 5.82 Å². The van der Waals surface area contributed by atoms with Crippen LogP contribution < -0.4 is 5.73 Å². The van der Waals surface area contributed by atoms with Gasteiger partial charge in [-0.2, -0.15) is 0 Å². The maximum Gasteiger partial charge on any atom is 0.123 e. The minimum atomic E-state index is 0.370. The van der Waals surface area contributed by atoms with Crippen molar-refractivity contribution in [1.82, 2.24) is 14.5 Å². The van der Waals surface area contributed by atoms with Crippen LogP contribution in [0.1, 0.15) is 19.8 Å². The first-order valence-electron chi connectivity index (χ1n) is 7.11. The van der Waals surface area contributed by atoms with Crippen LogP contribution in [-0.2, 0) is 11.3 Å². The number of hydrogen-bond acceptors (Lipinski definition) is 4. The fraction of sp³-hybridized carbons (Fsp3) is 0.467. The first-order valence-corrected chi connectivity index (χ1v) is 7.11. The second kappa shape index (κ2) is 5.63. The van der Waals surface area contributed by atoms with Gasteiger partial charge in [-0.05, 0) is 25.0 Å². The zero-order chi connectivity index (χ0) is 13.9. The number of ether oxygens (including phenoxy) is 1. The summed E-state index contributed by atoms with van der Waals surface area (Å²) >= 11 is 0. The average Bonchev–Trinajstić information content (AvgIpc) is 3.09. The van der Waals surface area contributed by atoms with Crippen LogP contribution in [0.4, 0.5) is 5.82 Å². The molecule has 1 saturated heterocycles. The van der Waals surface area contributed by atoms with Crippen molar-refractivity contribution in [2.45, 2.75) is 32.4 Å². The number of aromatic nitrogens is 3. The van der Waals surface area contributed by atoms with E-state index in [1.165, 1.54) is 0 Å². The zero-order valence-electron chi connectivity index (χ0n) is 11.7. The maximum absolute atomic E-state index is 5.76. The highest BCUT2D eigenvalue weighted by Gasteiger charge is 2.27. The third-order valence-corrected chi connectivity index (χ3v) is 3.97. The van der Waals surface area contributed by atoms with Crippen molar-refractivity contribution in [3.63, 3.8) is 0 Å². The molecule has 1 fully saturated rings.